The number of nitrogens with one attached hydrogen (secondary N) is 2. The summed E-state index contributed by atoms with van der Waals surface area (Å²) in [5.41, 5.74) is 1.42. The average Bonchev–Trinajstić information content (AvgIpc) is 2.68. The molecule has 1 aliphatic rings. The third-order valence-electron chi connectivity index (χ3n) is 4.34. The van der Waals surface area contributed by atoms with Crippen LogP contribution in [0, 0.1) is 0 Å². The Morgan fingerprint density at radius 2 is 1.79 bits per heavy atom. The largest absolute Gasteiger partial charge is 0.478 e. The highest BCUT2D eigenvalue weighted by Crippen LogP contribution is 2.14. The Bertz CT molecular complexity index is 924. The zero-order valence-corrected chi connectivity index (χ0v) is 15.0. The zero-order chi connectivity index (χ0) is 20.1. The van der Waals surface area contributed by atoms with E-state index < -0.39 is 5.97 Å². The lowest BCUT2D eigenvalue weighted by Crippen LogP contribution is -2.49. The van der Waals surface area contributed by atoms with Crippen molar-refractivity contribution in [1.29, 1.82) is 0 Å². The number of carboxylic acid groups (broad SMARTS) is 1. The maximum atomic E-state index is 12.4. The summed E-state index contributed by atoms with van der Waals surface area (Å²) < 4.78 is 0. The number of hydrogen-bond donors (Lipinski definition) is 3. The minimum atomic E-state index is -1.09. The van der Waals surface area contributed by atoms with Gasteiger partial charge in [-0.2, -0.15) is 0 Å². The highest BCUT2D eigenvalue weighted by Gasteiger charge is 2.22. The van der Waals surface area contributed by atoms with Crippen molar-refractivity contribution in [3.63, 3.8) is 0 Å². The van der Waals surface area contributed by atoms with Crippen LogP contribution in [0.2, 0.25) is 0 Å². The minimum Gasteiger partial charge on any atom is -0.478 e. The first-order valence-electron chi connectivity index (χ1n) is 8.71. The molecule has 0 atom stereocenters. The summed E-state index contributed by atoms with van der Waals surface area (Å²) >= 11 is 0. The maximum Gasteiger partial charge on any atom is 0.335 e. The second-order valence-electron chi connectivity index (χ2n) is 6.34. The first-order valence-corrected chi connectivity index (χ1v) is 8.71. The molecule has 3 N–H and O–H groups in total. The van der Waals surface area contributed by atoms with E-state index in [4.69, 9.17) is 0 Å². The molecule has 0 saturated carbocycles. The Morgan fingerprint density at radius 1 is 1.07 bits per heavy atom. The molecule has 0 radical (unpaired) electrons. The van der Waals surface area contributed by atoms with E-state index in [1.165, 1.54) is 11.0 Å². The summed E-state index contributed by atoms with van der Waals surface area (Å²) in [6.45, 7) is 0.906. The van der Waals surface area contributed by atoms with Gasteiger partial charge in [-0.3, -0.25) is 14.4 Å². The van der Waals surface area contributed by atoms with Gasteiger partial charge >= 0.3 is 5.97 Å². The molecule has 0 aromatic heterocycles. The molecule has 2 aromatic carbocycles. The van der Waals surface area contributed by atoms with Crippen molar-refractivity contribution in [3.8, 4) is 0 Å². The van der Waals surface area contributed by atoms with Gasteiger partial charge in [0.15, 0.2) is 0 Å². The molecule has 3 amide bonds. The van der Waals surface area contributed by atoms with Gasteiger partial charge in [-0.1, -0.05) is 18.2 Å². The van der Waals surface area contributed by atoms with Crippen LogP contribution in [0.3, 0.4) is 0 Å². The second-order valence-corrected chi connectivity index (χ2v) is 6.34. The van der Waals surface area contributed by atoms with E-state index >= 15 is 0 Å². The van der Waals surface area contributed by atoms with E-state index in [9.17, 15) is 24.3 Å². The van der Waals surface area contributed by atoms with Crippen LogP contribution in [0.25, 0.3) is 0 Å². The second kappa shape index (κ2) is 8.34. The van der Waals surface area contributed by atoms with Crippen LogP contribution in [-0.4, -0.2) is 53.3 Å². The third-order valence-corrected chi connectivity index (χ3v) is 4.34. The summed E-state index contributed by atoms with van der Waals surface area (Å²) in [6.07, 6.45) is -0.0773. The fourth-order valence-corrected chi connectivity index (χ4v) is 2.95. The molecule has 0 bridgehead atoms. The predicted octanol–water partition coefficient (Wildman–Crippen LogP) is 1.14. The fraction of sp³-hybridized carbons (Fsp3) is 0.200. The molecular weight excluding hydrogens is 362 g/mol. The van der Waals surface area contributed by atoms with E-state index in [0.717, 1.165) is 0 Å². The van der Waals surface area contributed by atoms with Gasteiger partial charge in [0, 0.05) is 24.3 Å². The Morgan fingerprint density at radius 3 is 2.46 bits per heavy atom. The highest BCUT2D eigenvalue weighted by molar-refractivity contribution is 5.99. The molecule has 1 aliphatic heterocycles. The quantitative estimate of drug-likeness (QED) is 0.718. The maximum absolute atomic E-state index is 12.4. The molecule has 2 aromatic rings. The minimum absolute atomic E-state index is 0.0281. The Kier molecular flexibility index (Phi) is 5.69. The molecule has 8 nitrogen and oxygen atoms in total. The summed E-state index contributed by atoms with van der Waals surface area (Å²) in [4.78, 5) is 48.8. The van der Waals surface area contributed by atoms with Crippen LogP contribution >= 0.6 is 0 Å². The van der Waals surface area contributed by atoms with Gasteiger partial charge in [-0.05, 0) is 35.9 Å². The van der Waals surface area contributed by atoms with Gasteiger partial charge in [0.2, 0.25) is 11.8 Å². The van der Waals surface area contributed by atoms with Crippen LogP contribution in [0.5, 0.6) is 0 Å². The lowest BCUT2D eigenvalue weighted by molar-refractivity contribution is -0.123. The number of amides is 3. The van der Waals surface area contributed by atoms with Crippen LogP contribution in [0.15, 0.2) is 48.5 Å². The molecule has 0 unspecified atom stereocenters. The van der Waals surface area contributed by atoms with E-state index in [2.05, 4.69) is 10.6 Å². The first-order chi connectivity index (χ1) is 13.4. The topological polar surface area (TPSA) is 116 Å². The predicted molar refractivity (Wildman–Crippen MR) is 101 cm³/mol. The van der Waals surface area contributed by atoms with Crippen molar-refractivity contribution in [2.75, 3.05) is 25.0 Å². The molecule has 0 aliphatic carbocycles. The molecule has 1 heterocycles. The van der Waals surface area contributed by atoms with Gasteiger partial charge in [0.05, 0.1) is 18.5 Å². The van der Waals surface area contributed by atoms with Gasteiger partial charge in [-0.15, -0.1) is 0 Å². The Labute approximate surface area is 161 Å². The SMILES string of the molecule is O=C1CN(C(=O)c2ccc(NC(=O)Cc3ccccc3C(=O)O)cc2)CCN1. The van der Waals surface area contributed by atoms with Crippen molar-refractivity contribution >= 4 is 29.4 Å². The number of carboxylic acids is 1. The number of benzene rings is 2. The summed E-state index contributed by atoms with van der Waals surface area (Å²) in [6, 6.07) is 12.7. The smallest absolute Gasteiger partial charge is 0.335 e. The monoisotopic (exact) mass is 381 g/mol. The van der Waals surface area contributed by atoms with Crippen LogP contribution in [-0.2, 0) is 16.0 Å². The first kappa shape index (κ1) is 19.1. The lowest BCUT2D eigenvalue weighted by atomic mass is 10.0. The van der Waals surface area contributed by atoms with Gasteiger partial charge in [0.25, 0.3) is 5.91 Å². The van der Waals surface area contributed by atoms with Crippen molar-refractivity contribution in [2.24, 2.45) is 0 Å². The van der Waals surface area contributed by atoms with Crippen molar-refractivity contribution in [2.45, 2.75) is 6.42 Å². The number of anilines is 1. The average molecular weight is 381 g/mol. The number of rotatable bonds is 5. The van der Waals surface area contributed by atoms with Crippen molar-refractivity contribution in [3.05, 3.63) is 65.2 Å². The van der Waals surface area contributed by atoms with Crippen molar-refractivity contribution < 1.29 is 24.3 Å². The van der Waals surface area contributed by atoms with Crippen LogP contribution < -0.4 is 10.6 Å². The third kappa shape index (κ3) is 4.53. The number of carbonyl (C=O) groups excluding carboxylic acids is 3. The van der Waals surface area contributed by atoms with E-state index in [1.54, 1.807) is 42.5 Å². The molecular formula is C20H19N3O5. The standard InChI is InChI=1S/C20H19N3O5/c24-17(11-14-3-1-2-4-16(14)20(27)28)22-15-7-5-13(6-8-15)19(26)23-10-9-21-18(25)12-23/h1-8H,9-12H2,(H,21,25)(H,22,24)(H,27,28). The van der Waals surface area contributed by atoms with Crippen LogP contribution in [0.1, 0.15) is 26.3 Å². The zero-order valence-electron chi connectivity index (χ0n) is 15.0. The van der Waals surface area contributed by atoms with E-state index in [-0.39, 0.29) is 36.3 Å². The fourth-order valence-electron chi connectivity index (χ4n) is 2.95. The molecule has 144 valence electrons. The molecule has 28 heavy (non-hydrogen) atoms. The Hall–Kier alpha value is -3.68. The number of hydrogen-bond acceptors (Lipinski definition) is 4. The van der Waals surface area contributed by atoms with Crippen molar-refractivity contribution in [1.82, 2.24) is 10.2 Å². The molecule has 0 spiro atoms. The number of nitrogens with zero attached hydrogens (tertiary/aromatic N) is 1. The van der Waals surface area contributed by atoms with Gasteiger partial charge in [0.1, 0.15) is 0 Å². The summed E-state index contributed by atoms with van der Waals surface area (Å²) in [5.74, 6) is -1.88. The number of aromatic carboxylic acids is 1. The molecule has 8 heteroatoms. The van der Waals surface area contributed by atoms with Crippen LogP contribution in [0.4, 0.5) is 5.69 Å². The lowest BCUT2D eigenvalue weighted by Gasteiger charge is -2.26. The van der Waals surface area contributed by atoms with Gasteiger partial charge in [-0.25, -0.2) is 4.79 Å². The number of piperazine rings is 1. The Balaban J connectivity index is 1.63. The highest BCUT2D eigenvalue weighted by atomic mass is 16.4. The molecule has 3 rings (SSSR count). The van der Waals surface area contributed by atoms with Gasteiger partial charge < -0.3 is 20.6 Å². The normalized spacial score (nSPS) is 13.6. The summed E-state index contributed by atoms with van der Waals surface area (Å²) in [5, 5.41) is 14.5. The molecule has 1 fully saturated rings. The molecule has 1 saturated heterocycles. The van der Waals surface area contributed by atoms with E-state index in [1.807, 2.05) is 0 Å². The van der Waals surface area contributed by atoms with E-state index in [0.29, 0.717) is 29.9 Å². The number of carbonyl (C=O) groups is 4. The summed E-state index contributed by atoms with van der Waals surface area (Å²) in [7, 11) is 0.